The maximum atomic E-state index is 13.1. The van der Waals surface area contributed by atoms with Crippen molar-refractivity contribution in [3.05, 3.63) is 91.0 Å². The van der Waals surface area contributed by atoms with Crippen molar-refractivity contribution in [1.29, 1.82) is 0 Å². The number of fused-ring (bicyclic) bond motifs is 1. The first-order chi connectivity index (χ1) is 14.5. The van der Waals surface area contributed by atoms with E-state index in [1.54, 1.807) is 44.2 Å². The van der Waals surface area contributed by atoms with Gasteiger partial charge in [0.1, 0.15) is 11.8 Å². The number of ether oxygens (including phenoxy) is 1. The van der Waals surface area contributed by atoms with Crippen LogP contribution in [0.15, 0.2) is 70.0 Å². The summed E-state index contributed by atoms with van der Waals surface area (Å²) < 4.78 is 7.14. The van der Waals surface area contributed by atoms with Crippen LogP contribution in [0, 0.1) is 0 Å². The molecule has 0 saturated carbocycles. The lowest BCUT2D eigenvalue weighted by Gasteiger charge is -2.22. The number of benzene rings is 2. The molecular formula is C23H20N2O4S. The van der Waals surface area contributed by atoms with Crippen LogP contribution in [0.5, 0.6) is 5.75 Å². The summed E-state index contributed by atoms with van der Waals surface area (Å²) in [5.41, 5.74) is 1.96. The fourth-order valence-electron chi connectivity index (χ4n) is 3.44. The van der Waals surface area contributed by atoms with E-state index in [-0.39, 0.29) is 17.9 Å². The minimum atomic E-state index is -0.554. The van der Waals surface area contributed by atoms with Gasteiger partial charge in [-0.2, -0.15) is 0 Å². The van der Waals surface area contributed by atoms with Crippen LogP contribution in [0.4, 0.5) is 0 Å². The number of phenols is 1. The molecule has 0 unspecified atom stereocenters. The van der Waals surface area contributed by atoms with Gasteiger partial charge >= 0.3 is 5.97 Å². The molecule has 30 heavy (non-hydrogen) atoms. The predicted molar refractivity (Wildman–Crippen MR) is 116 cm³/mol. The highest BCUT2D eigenvalue weighted by atomic mass is 32.1. The van der Waals surface area contributed by atoms with Gasteiger partial charge in [-0.25, -0.2) is 9.79 Å². The van der Waals surface area contributed by atoms with Gasteiger partial charge in [-0.15, -0.1) is 0 Å². The molecule has 1 N–H and O–H groups in total. The number of rotatable bonds is 4. The quantitative estimate of drug-likeness (QED) is 0.658. The second-order valence-corrected chi connectivity index (χ2v) is 7.76. The fourth-order valence-corrected chi connectivity index (χ4v) is 4.48. The zero-order chi connectivity index (χ0) is 21.3. The minimum absolute atomic E-state index is 0.0897. The van der Waals surface area contributed by atoms with Crippen LogP contribution in [0.1, 0.15) is 31.0 Å². The van der Waals surface area contributed by atoms with Crippen molar-refractivity contribution in [2.75, 3.05) is 6.61 Å². The Balaban J connectivity index is 1.97. The molecule has 2 heterocycles. The second kappa shape index (κ2) is 8.12. The number of para-hydroxylation sites is 1. The van der Waals surface area contributed by atoms with Gasteiger partial charge in [0.15, 0.2) is 4.80 Å². The van der Waals surface area contributed by atoms with E-state index < -0.39 is 12.0 Å². The van der Waals surface area contributed by atoms with E-state index in [4.69, 9.17) is 9.73 Å². The van der Waals surface area contributed by atoms with Crippen molar-refractivity contribution >= 4 is 29.1 Å². The van der Waals surface area contributed by atoms with Gasteiger partial charge in [-0.1, -0.05) is 59.9 Å². The van der Waals surface area contributed by atoms with E-state index in [1.165, 1.54) is 15.9 Å². The first kappa shape index (κ1) is 19.8. The highest BCUT2D eigenvalue weighted by molar-refractivity contribution is 7.07. The molecule has 0 spiro atoms. The topological polar surface area (TPSA) is 80.9 Å². The molecule has 0 amide bonds. The lowest BCUT2D eigenvalue weighted by Crippen LogP contribution is -2.35. The predicted octanol–water partition coefficient (Wildman–Crippen LogP) is 2.61. The third kappa shape index (κ3) is 3.48. The minimum Gasteiger partial charge on any atom is -0.507 e. The van der Waals surface area contributed by atoms with Crippen LogP contribution in [-0.4, -0.2) is 22.2 Å². The zero-order valence-corrected chi connectivity index (χ0v) is 17.3. The summed E-state index contributed by atoms with van der Waals surface area (Å²) in [6, 6.07) is 15.7. The van der Waals surface area contributed by atoms with E-state index in [2.05, 4.69) is 0 Å². The Kier molecular flexibility index (Phi) is 5.37. The first-order valence-corrected chi connectivity index (χ1v) is 10.4. The monoisotopic (exact) mass is 420 g/mol. The Labute approximate surface area is 176 Å². The molecule has 4 rings (SSSR count). The number of hydrogen-bond acceptors (Lipinski definition) is 6. The Hall–Kier alpha value is -3.45. The number of thiazole rings is 1. The van der Waals surface area contributed by atoms with Gasteiger partial charge in [0.2, 0.25) is 0 Å². The highest BCUT2D eigenvalue weighted by Gasteiger charge is 2.31. The van der Waals surface area contributed by atoms with Crippen molar-refractivity contribution in [2.45, 2.75) is 19.9 Å². The van der Waals surface area contributed by atoms with Gasteiger partial charge < -0.3 is 9.84 Å². The SMILES string of the molecule is CCOC(=O)C1=C(C)n2c(s/c(=C\c3ccccc3O)c2=O)=N[C@H]1c1ccccc1. The molecule has 2 aromatic carbocycles. The maximum absolute atomic E-state index is 13.1. The number of nitrogens with zero attached hydrogens (tertiary/aromatic N) is 2. The van der Waals surface area contributed by atoms with Gasteiger partial charge in [-0.3, -0.25) is 9.36 Å². The smallest absolute Gasteiger partial charge is 0.338 e. The van der Waals surface area contributed by atoms with Crippen LogP contribution in [0.3, 0.4) is 0 Å². The summed E-state index contributed by atoms with van der Waals surface area (Å²) in [7, 11) is 0. The Bertz CT molecular complexity index is 1320. The van der Waals surface area contributed by atoms with Crippen LogP contribution in [0.25, 0.3) is 11.8 Å². The largest absolute Gasteiger partial charge is 0.507 e. The highest BCUT2D eigenvalue weighted by Crippen LogP contribution is 2.32. The molecule has 1 aromatic heterocycles. The molecular weight excluding hydrogens is 400 g/mol. The van der Waals surface area contributed by atoms with Crippen molar-refractivity contribution in [1.82, 2.24) is 4.57 Å². The van der Waals surface area contributed by atoms with Crippen LogP contribution in [0.2, 0.25) is 0 Å². The summed E-state index contributed by atoms with van der Waals surface area (Å²) in [4.78, 5) is 31.1. The van der Waals surface area contributed by atoms with Crippen molar-refractivity contribution in [3.63, 3.8) is 0 Å². The standard InChI is InChI=1S/C23H20N2O4S/c1-3-29-22(28)19-14(2)25-21(27)18(13-16-11-7-8-12-17(16)26)30-23(25)24-20(19)15-9-5-4-6-10-15/h4-13,20,26H,3H2,1-2H3/b18-13-/t20-/m0/s1. The van der Waals surface area contributed by atoms with E-state index in [0.29, 0.717) is 26.2 Å². The van der Waals surface area contributed by atoms with Crippen molar-refractivity contribution in [3.8, 4) is 5.75 Å². The van der Waals surface area contributed by atoms with Gasteiger partial charge in [0, 0.05) is 11.3 Å². The van der Waals surface area contributed by atoms with Gasteiger partial charge in [-0.05, 0) is 31.6 Å². The first-order valence-electron chi connectivity index (χ1n) is 9.54. The van der Waals surface area contributed by atoms with E-state index in [0.717, 1.165) is 5.56 Å². The molecule has 0 radical (unpaired) electrons. The molecule has 1 aliphatic heterocycles. The van der Waals surface area contributed by atoms with Crippen molar-refractivity contribution in [2.24, 2.45) is 4.99 Å². The molecule has 0 aliphatic carbocycles. The molecule has 0 bridgehead atoms. The number of allylic oxidation sites excluding steroid dienone is 1. The van der Waals surface area contributed by atoms with Crippen LogP contribution < -0.4 is 14.9 Å². The lowest BCUT2D eigenvalue weighted by molar-refractivity contribution is -0.138. The van der Waals surface area contributed by atoms with E-state index >= 15 is 0 Å². The molecule has 1 aliphatic rings. The average Bonchev–Trinajstić information content (AvgIpc) is 3.06. The molecule has 3 aromatic rings. The maximum Gasteiger partial charge on any atom is 0.338 e. The summed E-state index contributed by atoms with van der Waals surface area (Å²) in [6.07, 6.45) is 1.64. The normalized spacial score (nSPS) is 16.2. The number of carbonyl (C=O) groups is 1. The lowest BCUT2D eigenvalue weighted by atomic mass is 9.97. The molecule has 152 valence electrons. The summed E-state index contributed by atoms with van der Waals surface area (Å²) in [6.45, 7) is 3.71. The zero-order valence-electron chi connectivity index (χ0n) is 16.5. The average molecular weight is 420 g/mol. The van der Waals surface area contributed by atoms with Gasteiger partial charge in [0.25, 0.3) is 5.56 Å². The third-order valence-electron chi connectivity index (χ3n) is 4.88. The molecule has 0 fully saturated rings. The van der Waals surface area contributed by atoms with E-state index in [9.17, 15) is 14.7 Å². The molecule has 7 heteroatoms. The summed E-state index contributed by atoms with van der Waals surface area (Å²) >= 11 is 1.23. The number of carbonyl (C=O) groups excluding carboxylic acids is 1. The van der Waals surface area contributed by atoms with E-state index in [1.807, 2.05) is 30.3 Å². The summed E-state index contributed by atoms with van der Waals surface area (Å²) in [5, 5.41) is 10.1. The Morgan fingerprint density at radius 3 is 2.60 bits per heavy atom. The van der Waals surface area contributed by atoms with Crippen LogP contribution >= 0.6 is 11.3 Å². The van der Waals surface area contributed by atoms with Crippen LogP contribution in [-0.2, 0) is 9.53 Å². The van der Waals surface area contributed by atoms with Crippen molar-refractivity contribution < 1.29 is 14.6 Å². The number of esters is 1. The van der Waals surface area contributed by atoms with Gasteiger partial charge in [0.05, 0.1) is 16.7 Å². The Morgan fingerprint density at radius 1 is 1.20 bits per heavy atom. The number of aromatic nitrogens is 1. The molecule has 1 atom stereocenters. The molecule has 0 saturated heterocycles. The third-order valence-corrected chi connectivity index (χ3v) is 5.86. The summed E-state index contributed by atoms with van der Waals surface area (Å²) in [5.74, 6) is -0.394. The fraction of sp³-hybridized carbons (Fsp3) is 0.174. The number of hydrogen-bond donors (Lipinski definition) is 1. The molecule has 6 nitrogen and oxygen atoms in total. The second-order valence-electron chi connectivity index (χ2n) is 6.75. The number of aromatic hydroxyl groups is 1. The Morgan fingerprint density at radius 2 is 1.90 bits per heavy atom. The number of phenolic OH excluding ortho intramolecular Hbond substituents is 1.